The van der Waals surface area contributed by atoms with Crippen molar-refractivity contribution >= 4 is 0 Å². The van der Waals surface area contributed by atoms with Crippen molar-refractivity contribution in [1.82, 2.24) is 0 Å². The number of ether oxygens (including phenoxy) is 1. The monoisotopic (exact) mass is 214 g/mol. The summed E-state index contributed by atoms with van der Waals surface area (Å²) in [7, 11) is 0. The van der Waals surface area contributed by atoms with Crippen LogP contribution < -0.4 is 0 Å². The van der Waals surface area contributed by atoms with E-state index in [0.717, 1.165) is 25.0 Å². The molecule has 1 nitrogen and oxygen atoms in total. The molecule has 92 valence electrons. The summed E-state index contributed by atoms with van der Waals surface area (Å²) in [4.78, 5) is 0. The van der Waals surface area contributed by atoms with Crippen LogP contribution in [0.1, 0.15) is 66.2 Å². The van der Waals surface area contributed by atoms with Crippen LogP contribution in [0, 0.1) is 11.8 Å². The first-order chi connectivity index (χ1) is 7.20. The molecule has 0 saturated heterocycles. The Morgan fingerprint density at radius 2 is 1.13 bits per heavy atom. The maximum absolute atomic E-state index is 5.67. The lowest BCUT2D eigenvalue weighted by Gasteiger charge is -2.12. The van der Waals surface area contributed by atoms with Gasteiger partial charge in [-0.15, -0.1) is 0 Å². The highest BCUT2D eigenvalue weighted by Gasteiger charge is 2.02. The first-order valence-corrected chi connectivity index (χ1v) is 6.78. The molecule has 2 unspecified atom stereocenters. The number of hydrogen-bond donors (Lipinski definition) is 0. The Bertz CT molecular complexity index is 109. The van der Waals surface area contributed by atoms with Gasteiger partial charge in [-0.05, 0) is 24.7 Å². The van der Waals surface area contributed by atoms with Gasteiger partial charge in [-0.3, -0.25) is 0 Å². The second-order valence-corrected chi connectivity index (χ2v) is 4.98. The van der Waals surface area contributed by atoms with Crippen molar-refractivity contribution in [3.63, 3.8) is 0 Å². The van der Waals surface area contributed by atoms with E-state index < -0.39 is 0 Å². The molecule has 0 bridgehead atoms. The van der Waals surface area contributed by atoms with Crippen LogP contribution in [0.4, 0.5) is 0 Å². The molecule has 0 saturated carbocycles. The number of hydrogen-bond acceptors (Lipinski definition) is 1. The standard InChI is InChI=1S/C14H30O/c1-5-7-13(3)9-11-15-12-10-14(4)8-6-2/h13-14H,5-12H2,1-4H3. The van der Waals surface area contributed by atoms with Gasteiger partial charge in [-0.25, -0.2) is 0 Å². The van der Waals surface area contributed by atoms with Gasteiger partial charge >= 0.3 is 0 Å². The summed E-state index contributed by atoms with van der Waals surface area (Å²) in [5.74, 6) is 1.67. The lowest BCUT2D eigenvalue weighted by atomic mass is 10.0. The molecule has 0 aromatic carbocycles. The smallest absolute Gasteiger partial charge is 0.0468 e. The molecule has 0 spiro atoms. The molecule has 0 aromatic rings. The van der Waals surface area contributed by atoms with E-state index in [1.807, 2.05) is 0 Å². The SMILES string of the molecule is CCCC(C)CCOCCC(C)CCC. The van der Waals surface area contributed by atoms with Crippen LogP contribution >= 0.6 is 0 Å². The average Bonchev–Trinajstić information content (AvgIpc) is 2.18. The molecule has 0 aliphatic rings. The Morgan fingerprint density at radius 1 is 0.733 bits per heavy atom. The quantitative estimate of drug-likeness (QED) is 0.481. The molecular weight excluding hydrogens is 184 g/mol. The molecule has 15 heavy (non-hydrogen) atoms. The van der Waals surface area contributed by atoms with Gasteiger partial charge in [0, 0.05) is 13.2 Å². The largest absolute Gasteiger partial charge is 0.381 e. The molecule has 0 fully saturated rings. The molecule has 0 N–H and O–H groups in total. The van der Waals surface area contributed by atoms with Crippen LogP contribution in [-0.4, -0.2) is 13.2 Å². The molecule has 0 amide bonds. The fraction of sp³-hybridized carbons (Fsp3) is 1.00. The van der Waals surface area contributed by atoms with Crippen LogP contribution in [0.2, 0.25) is 0 Å². The summed E-state index contributed by atoms with van der Waals surface area (Å²) in [6.45, 7) is 11.1. The zero-order valence-corrected chi connectivity index (χ0v) is 11.2. The Labute approximate surface area is 96.6 Å². The summed E-state index contributed by atoms with van der Waals surface area (Å²) >= 11 is 0. The van der Waals surface area contributed by atoms with Gasteiger partial charge in [-0.2, -0.15) is 0 Å². The van der Waals surface area contributed by atoms with E-state index in [2.05, 4.69) is 27.7 Å². The minimum atomic E-state index is 0.836. The summed E-state index contributed by atoms with van der Waals surface area (Å²) < 4.78 is 5.67. The second kappa shape index (κ2) is 10.5. The summed E-state index contributed by atoms with van der Waals surface area (Å²) in [6, 6.07) is 0. The van der Waals surface area contributed by atoms with E-state index in [1.54, 1.807) is 0 Å². The predicted molar refractivity (Wildman–Crippen MR) is 68.2 cm³/mol. The zero-order chi connectivity index (χ0) is 11.5. The zero-order valence-electron chi connectivity index (χ0n) is 11.2. The third kappa shape index (κ3) is 10.2. The van der Waals surface area contributed by atoms with Crippen molar-refractivity contribution < 1.29 is 4.74 Å². The average molecular weight is 214 g/mol. The Morgan fingerprint density at radius 3 is 1.47 bits per heavy atom. The summed E-state index contributed by atoms with van der Waals surface area (Å²) in [6.07, 6.45) is 7.75. The normalized spacial score (nSPS) is 15.2. The van der Waals surface area contributed by atoms with Gasteiger partial charge in [0.2, 0.25) is 0 Å². The van der Waals surface area contributed by atoms with E-state index in [4.69, 9.17) is 4.74 Å². The number of rotatable bonds is 10. The third-order valence-electron chi connectivity index (χ3n) is 3.07. The van der Waals surface area contributed by atoms with Gasteiger partial charge in [0.05, 0.1) is 0 Å². The van der Waals surface area contributed by atoms with Crippen LogP contribution in [0.15, 0.2) is 0 Å². The van der Waals surface area contributed by atoms with Gasteiger partial charge in [0.25, 0.3) is 0 Å². The fourth-order valence-electron chi connectivity index (χ4n) is 1.95. The molecular formula is C14H30O. The lowest BCUT2D eigenvalue weighted by molar-refractivity contribution is 0.109. The Balaban J connectivity index is 3.17. The summed E-state index contributed by atoms with van der Waals surface area (Å²) in [5, 5.41) is 0. The third-order valence-corrected chi connectivity index (χ3v) is 3.07. The fourth-order valence-corrected chi connectivity index (χ4v) is 1.95. The van der Waals surface area contributed by atoms with E-state index >= 15 is 0 Å². The molecule has 0 rings (SSSR count). The minimum Gasteiger partial charge on any atom is -0.381 e. The highest BCUT2D eigenvalue weighted by molar-refractivity contribution is 4.53. The van der Waals surface area contributed by atoms with Gasteiger partial charge < -0.3 is 4.74 Å². The van der Waals surface area contributed by atoms with Crippen LogP contribution in [-0.2, 0) is 4.74 Å². The van der Waals surface area contributed by atoms with Crippen molar-refractivity contribution in [1.29, 1.82) is 0 Å². The van der Waals surface area contributed by atoms with E-state index in [9.17, 15) is 0 Å². The molecule has 0 heterocycles. The Kier molecular flexibility index (Phi) is 10.4. The summed E-state index contributed by atoms with van der Waals surface area (Å²) in [5.41, 5.74) is 0. The van der Waals surface area contributed by atoms with Crippen molar-refractivity contribution in [2.24, 2.45) is 11.8 Å². The van der Waals surface area contributed by atoms with Crippen molar-refractivity contribution in [3.05, 3.63) is 0 Å². The molecule has 1 heteroatoms. The van der Waals surface area contributed by atoms with E-state index in [1.165, 1.54) is 38.5 Å². The molecule has 2 atom stereocenters. The van der Waals surface area contributed by atoms with Crippen LogP contribution in [0.25, 0.3) is 0 Å². The van der Waals surface area contributed by atoms with Crippen LogP contribution in [0.3, 0.4) is 0 Å². The van der Waals surface area contributed by atoms with E-state index in [-0.39, 0.29) is 0 Å². The van der Waals surface area contributed by atoms with E-state index in [0.29, 0.717) is 0 Å². The van der Waals surface area contributed by atoms with Crippen molar-refractivity contribution in [3.8, 4) is 0 Å². The topological polar surface area (TPSA) is 9.23 Å². The highest BCUT2D eigenvalue weighted by atomic mass is 16.5. The lowest BCUT2D eigenvalue weighted by Crippen LogP contribution is -2.05. The van der Waals surface area contributed by atoms with Gasteiger partial charge in [-0.1, -0.05) is 53.4 Å². The first kappa shape index (κ1) is 15.0. The molecule has 0 radical (unpaired) electrons. The van der Waals surface area contributed by atoms with Gasteiger partial charge in [0.1, 0.15) is 0 Å². The second-order valence-electron chi connectivity index (χ2n) is 4.98. The Hall–Kier alpha value is -0.0400. The maximum Gasteiger partial charge on any atom is 0.0468 e. The first-order valence-electron chi connectivity index (χ1n) is 6.78. The van der Waals surface area contributed by atoms with Crippen LogP contribution in [0.5, 0.6) is 0 Å². The van der Waals surface area contributed by atoms with Crippen molar-refractivity contribution in [2.45, 2.75) is 66.2 Å². The molecule has 0 aliphatic heterocycles. The predicted octanol–water partition coefficient (Wildman–Crippen LogP) is 4.66. The van der Waals surface area contributed by atoms with Gasteiger partial charge in [0.15, 0.2) is 0 Å². The van der Waals surface area contributed by atoms with Crippen molar-refractivity contribution in [2.75, 3.05) is 13.2 Å². The minimum absolute atomic E-state index is 0.836. The molecule has 0 aliphatic carbocycles. The maximum atomic E-state index is 5.67. The highest BCUT2D eigenvalue weighted by Crippen LogP contribution is 2.11. The molecule has 0 aromatic heterocycles.